The van der Waals surface area contributed by atoms with Gasteiger partial charge < -0.3 is 16.2 Å². The Morgan fingerprint density at radius 3 is 2.41 bits per heavy atom. The van der Waals surface area contributed by atoms with Crippen molar-refractivity contribution in [3.8, 4) is 0 Å². The van der Waals surface area contributed by atoms with Crippen molar-refractivity contribution in [2.75, 3.05) is 11.1 Å². The van der Waals surface area contributed by atoms with Crippen molar-refractivity contribution < 1.29 is 18.3 Å². The first-order valence-electron chi connectivity index (χ1n) is 8.73. The Hall–Kier alpha value is -2.68. The molecule has 1 aromatic heterocycles. The number of hydrogen-bond donors (Lipinski definition) is 3. The lowest BCUT2D eigenvalue weighted by Gasteiger charge is -2.31. The van der Waals surface area contributed by atoms with Crippen molar-refractivity contribution in [3.05, 3.63) is 41.5 Å². The highest BCUT2D eigenvalue weighted by molar-refractivity contribution is 6.05. The lowest BCUT2D eigenvalue weighted by atomic mass is 9.77. The maximum atomic E-state index is 14.1. The minimum absolute atomic E-state index is 0.0711. The van der Waals surface area contributed by atoms with E-state index in [0.717, 1.165) is 0 Å². The summed E-state index contributed by atoms with van der Waals surface area (Å²) in [6.07, 6.45) is 3.80. The van der Waals surface area contributed by atoms with E-state index in [9.17, 15) is 18.3 Å². The number of aliphatic hydroxyl groups excluding tert-OH is 1. The zero-order valence-corrected chi connectivity index (χ0v) is 14.3. The number of nitrogens with two attached hydrogens (primary N) is 1. The second-order valence-electron chi connectivity index (χ2n) is 6.91. The fraction of sp³-hybridized carbons (Fsp3) is 0.389. The number of fused-ring (bicyclic) bond motifs is 1. The van der Waals surface area contributed by atoms with Crippen LogP contribution in [0.15, 0.2) is 23.3 Å². The number of nitrogens with zero attached hydrogens (tertiary/aromatic N) is 3. The number of nitrogen functional groups attached to an aromatic ring is 1. The maximum absolute atomic E-state index is 14.1. The molecule has 2 aromatic rings. The van der Waals surface area contributed by atoms with Crippen molar-refractivity contribution in [3.63, 3.8) is 0 Å². The third-order valence-corrected chi connectivity index (χ3v) is 5.12. The van der Waals surface area contributed by atoms with Crippen molar-refractivity contribution in [2.45, 2.75) is 37.7 Å². The SMILES string of the molecule is Nc1ncc2c(n1)C([C@H]1CC[C@@H](O)CC1)C(Nc1c(F)cc(F)cc1F)=N2. The molecule has 0 amide bonds. The van der Waals surface area contributed by atoms with Crippen molar-refractivity contribution in [1.29, 1.82) is 0 Å². The fourth-order valence-corrected chi connectivity index (χ4v) is 3.82. The molecule has 2 aliphatic rings. The fourth-order valence-electron chi connectivity index (χ4n) is 3.82. The van der Waals surface area contributed by atoms with Gasteiger partial charge in [-0.05, 0) is 31.6 Å². The van der Waals surface area contributed by atoms with E-state index in [1.54, 1.807) is 0 Å². The number of nitrogens with one attached hydrogen (secondary N) is 1. The number of rotatable bonds is 2. The molecule has 0 bridgehead atoms. The Balaban J connectivity index is 1.70. The first kappa shape index (κ1) is 17.7. The van der Waals surface area contributed by atoms with E-state index in [4.69, 9.17) is 5.73 Å². The van der Waals surface area contributed by atoms with E-state index in [-0.39, 0.29) is 23.9 Å². The van der Waals surface area contributed by atoms with Crippen LogP contribution in [0.1, 0.15) is 37.3 Å². The minimum Gasteiger partial charge on any atom is -0.393 e. The molecular weight excluding hydrogens is 359 g/mol. The van der Waals surface area contributed by atoms with Crippen LogP contribution in [-0.4, -0.2) is 27.0 Å². The molecule has 27 heavy (non-hydrogen) atoms. The summed E-state index contributed by atoms with van der Waals surface area (Å²) in [6, 6.07) is 1.22. The molecule has 1 aliphatic carbocycles. The number of amidine groups is 1. The molecule has 142 valence electrons. The summed E-state index contributed by atoms with van der Waals surface area (Å²) in [7, 11) is 0. The number of aromatic nitrogens is 2. The smallest absolute Gasteiger partial charge is 0.220 e. The largest absolute Gasteiger partial charge is 0.393 e. The quantitative estimate of drug-likeness (QED) is 0.746. The van der Waals surface area contributed by atoms with Crippen molar-refractivity contribution >= 4 is 23.2 Å². The van der Waals surface area contributed by atoms with E-state index in [0.29, 0.717) is 55.0 Å². The van der Waals surface area contributed by atoms with Gasteiger partial charge in [0.25, 0.3) is 0 Å². The van der Waals surface area contributed by atoms with E-state index in [1.807, 2.05) is 0 Å². The van der Waals surface area contributed by atoms with Crippen LogP contribution in [-0.2, 0) is 0 Å². The van der Waals surface area contributed by atoms with Gasteiger partial charge in [0.15, 0.2) is 11.6 Å². The average molecular weight is 377 g/mol. The Labute approximate surface area is 153 Å². The molecule has 0 saturated heterocycles. The van der Waals surface area contributed by atoms with E-state index >= 15 is 0 Å². The van der Waals surface area contributed by atoms with Gasteiger partial charge in [-0.15, -0.1) is 0 Å². The van der Waals surface area contributed by atoms with E-state index in [1.165, 1.54) is 6.20 Å². The van der Waals surface area contributed by atoms with Crippen LogP contribution in [0.2, 0.25) is 0 Å². The van der Waals surface area contributed by atoms with E-state index in [2.05, 4.69) is 20.3 Å². The monoisotopic (exact) mass is 377 g/mol. The van der Waals surface area contributed by atoms with Crippen molar-refractivity contribution in [1.82, 2.24) is 9.97 Å². The molecule has 2 heterocycles. The molecule has 1 unspecified atom stereocenters. The Kier molecular flexibility index (Phi) is 4.47. The minimum atomic E-state index is -1.05. The molecule has 1 aliphatic heterocycles. The number of halogens is 3. The van der Waals surface area contributed by atoms with Gasteiger partial charge in [0.1, 0.15) is 23.0 Å². The Bertz CT molecular complexity index is 889. The van der Waals surface area contributed by atoms with Gasteiger partial charge >= 0.3 is 0 Å². The summed E-state index contributed by atoms with van der Waals surface area (Å²) in [5.41, 5.74) is 6.31. The number of anilines is 2. The van der Waals surface area contributed by atoms with Gasteiger partial charge in [-0.3, -0.25) is 0 Å². The first-order chi connectivity index (χ1) is 12.9. The predicted octanol–water partition coefficient (Wildman–Crippen LogP) is 3.27. The lowest BCUT2D eigenvalue weighted by molar-refractivity contribution is 0.106. The van der Waals surface area contributed by atoms with Crippen LogP contribution in [0.5, 0.6) is 0 Å². The summed E-state index contributed by atoms with van der Waals surface area (Å²) < 4.78 is 41.4. The number of aliphatic imine (C=N–C) groups is 1. The zero-order chi connectivity index (χ0) is 19.1. The highest BCUT2D eigenvalue weighted by atomic mass is 19.1. The summed E-state index contributed by atoms with van der Waals surface area (Å²) in [5.74, 6) is -2.97. The van der Waals surface area contributed by atoms with Crippen LogP contribution in [0.3, 0.4) is 0 Å². The number of aliphatic hydroxyl groups is 1. The van der Waals surface area contributed by atoms with Crippen LogP contribution in [0, 0.1) is 23.4 Å². The molecular formula is C18H18F3N5O. The summed E-state index contributed by atoms with van der Waals surface area (Å²) in [6.45, 7) is 0. The average Bonchev–Trinajstić information content (AvgIpc) is 2.96. The van der Waals surface area contributed by atoms with Gasteiger partial charge in [0.05, 0.1) is 23.9 Å². The summed E-state index contributed by atoms with van der Waals surface area (Å²) in [4.78, 5) is 12.6. The molecule has 1 atom stereocenters. The molecule has 4 N–H and O–H groups in total. The molecule has 0 spiro atoms. The topological polar surface area (TPSA) is 96.4 Å². The van der Waals surface area contributed by atoms with Gasteiger partial charge in [-0.2, -0.15) is 0 Å². The standard InChI is InChI=1S/C18H18F3N5O/c19-9-5-11(20)15(12(21)6-9)25-17-14(8-1-3-10(27)4-2-8)16-13(24-17)7-23-18(22)26-16/h5-8,10,14,27H,1-4H2,(H,24,25)(H2,22,23,26)/t8-,10+,14?. The van der Waals surface area contributed by atoms with Crippen molar-refractivity contribution in [2.24, 2.45) is 10.9 Å². The zero-order valence-electron chi connectivity index (χ0n) is 14.3. The van der Waals surface area contributed by atoms with Gasteiger partial charge in [-0.25, -0.2) is 28.1 Å². The third kappa shape index (κ3) is 3.34. The van der Waals surface area contributed by atoms with Crippen LogP contribution < -0.4 is 11.1 Å². The van der Waals surface area contributed by atoms with E-state index < -0.39 is 23.1 Å². The van der Waals surface area contributed by atoms with Crippen LogP contribution >= 0.6 is 0 Å². The maximum Gasteiger partial charge on any atom is 0.220 e. The van der Waals surface area contributed by atoms with Gasteiger partial charge in [0.2, 0.25) is 5.95 Å². The second kappa shape index (κ2) is 6.80. The summed E-state index contributed by atoms with van der Waals surface area (Å²) >= 11 is 0. The second-order valence-corrected chi connectivity index (χ2v) is 6.91. The van der Waals surface area contributed by atoms with Crippen LogP contribution in [0.4, 0.5) is 30.5 Å². The Morgan fingerprint density at radius 1 is 1.07 bits per heavy atom. The molecule has 1 aromatic carbocycles. The highest BCUT2D eigenvalue weighted by Crippen LogP contribution is 2.44. The van der Waals surface area contributed by atoms with Crippen LogP contribution in [0.25, 0.3) is 0 Å². The normalized spacial score (nSPS) is 24.4. The number of hydrogen-bond acceptors (Lipinski definition) is 6. The first-order valence-corrected chi connectivity index (χ1v) is 8.73. The Morgan fingerprint density at radius 2 is 1.74 bits per heavy atom. The van der Waals surface area contributed by atoms with Gasteiger partial charge in [-0.1, -0.05) is 0 Å². The highest BCUT2D eigenvalue weighted by Gasteiger charge is 2.38. The van der Waals surface area contributed by atoms with Gasteiger partial charge in [0, 0.05) is 12.1 Å². The predicted molar refractivity (Wildman–Crippen MR) is 94.2 cm³/mol. The molecule has 1 saturated carbocycles. The number of benzene rings is 1. The molecule has 6 nitrogen and oxygen atoms in total. The molecule has 1 fully saturated rings. The summed E-state index contributed by atoms with van der Waals surface area (Å²) in [5, 5.41) is 12.5. The third-order valence-electron chi connectivity index (χ3n) is 5.12. The molecule has 4 rings (SSSR count). The molecule has 0 radical (unpaired) electrons. The lowest BCUT2D eigenvalue weighted by Crippen LogP contribution is -2.30. The molecule has 9 heteroatoms.